The fourth-order valence-electron chi connectivity index (χ4n) is 1.23. The lowest BCUT2D eigenvalue weighted by molar-refractivity contribution is 0.235. The Morgan fingerprint density at radius 3 is 2.88 bits per heavy atom. The van der Waals surface area contributed by atoms with E-state index in [4.69, 9.17) is 10.3 Å². The Balaban J connectivity index is 2.36. The predicted octanol–water partition coefficient (Wildman–Crippen LogP) is 1.31. The molecule has 2 rings (SSSR count). The lowest BCUT2D eigenvalue weighted by Gasteiger charge is -2.02. The summed E-state index contributed by atoms with van der Waals surface area (Å²) in [6.45, 7) is 0. The maximum absolute atomic E-state index is 13.1. The van der Waals surface area contributed by atoms with E-state index < -0.39 is 11.6 Å². The number of hydrogen-bond donors (Lipinski definition) is 4. The number of hydroxylamine groups is 1. The maximum Gasteiger partial charge on any atom is 0.166 e. The molecule has 6 nitrogen and oxygen atoms in total. The van der Waals surface area contributed by atoms with Crippen LogP contribution in [0.1, 0.15) is 5.56 Å². The monoisotopic (exact) mass is 236 g/mol. The van der Waals surface area contributed by atoms with Crippen LogP contribution in [-0.4, -0.2) is 26.3 Å². The van der Waals surface area contributed by atoms with E-state index in [1.165, 1.54) is 24.5 Å². The minimum Gasteiger partial charge on any atom is -0.505 e. The summed E-state index contributed by atoms with van der Waals surface area (Å²) >= 11 is 0. The third kappa shape index (κ3) is 2.40. The number of aromatic hydroxyl groups is 1. The number of hydrogen-bond acceptors (Lipinski definition) is 4. The first-order chi connectivity index (χ1) is 8.20. The molecule has 0 radical (unpaired) electrons. The lowest BCUT2D eigenvalue weighted by Crippen LogP contribution is -2.19. The summed E-state index contributed by atoms with van der Waals surface area (Å²) in [4.78, 5) is 3.97. The van der Waals surface area contributed by atoms with Gasteiger partial charge in [0.05, 0.1) is 17.4 Å². The summed E-state index contributed by atoms with van der Waals surface area (Å²) in [5.41, 5.74) is 2.66. The Bertz CT molecular complexity index is 539. The minimum absolute atomic E-state index is 0.115. The molecule has 0 aliphatic heterocycles. The molecule has 4 N–H and O–H groups in total. The summed E-state index contributed by atoms with van der Waals surface area (Å²) in [5.74, 6) is -1.12. The van der Waals surface area contributed by atoms with Crippen molar-refractivity contribution in [3.63, 3.8) is 0 Å². The van der Waals surface area contributed by atoms with Gasteiger partial charge in [-0.25, -0.2) is 9.38 Å². The lowest BCUT2D eigenvalue weighted by atomic mass is 10.3. The van der Waals surface area contributed by atoms with Crippen molar-refractivity contribution >= 4 is 11.5 Å². The molecule has 0 amide bonds. The van der Waals surface area contributed by atoms with Gasteiger partial charge in [0.2, 0.25) is 0 Å². The second-order valence-electron chi connectivity index (χ2n) is 3.19. The van der Waals surface area contributed by atoms with Gasteiger partial charge in [-0.3, -0.25) is 15.8 Å². The van der Waals surface area contributed by atoms with Gasteiger partial charge in [-0.1, -0.05) is 0 Å². The standard InChI is InChI=1S/C10H9FN4O2/c11-8-3-7(1-2-9(8)16)14-10(15-17)6-4-12-13-5-6/h1-5,16-17H,(H,12,13)(H,14,15). The highest BCUT2D eigenvalue weighted by Gasteiger charge is 2.05. The van der Waals surface area contributed by atoms with E-state index in [2.05, 4.69) is 15.2 Å². The zero-order valence-corrected chi connectivity index (χ0v) is 8.55. The highest BCUT2D eigenvalue weighted by atomic mass is 19.1. The predicted molar refractivity (Wildman–Crippen MR) is 57.8 cm³/mol. The van der Waals surface area contributed by atoms with Crippen molar-refractivity contribution in [2.24, 2.45) is 4.99 Å². The fraction of sp³-hybridized carbons (Fsp3) is 0. The molecule has 0 aliphatic rings. The van der Waals surface area contributed by atoms with E-state index in [1.54, 1.807) is 0 Å². The van der Waals surface area contributed by atoms with Crippen LogP contribution in [0.4, 0.5) is 10.1 Å². The second kappa shape index (κ2) is 4.62. The van der Waals surface area contributed by atoms with Crippen LogP contribution >= 0.6 is 0 Å². The summed E-state index contributed by atoms with van der Waals surface area (Å²) in [6, 6.07) is 3.64. The number of phenolic OH excluding ortho intramolecular Hbond substituents is 1. The number of aliphatic imine (C=N–C) groups is 1. The van der Waals surface area contributed by atoms with Crippen LogP contribution in [0.15, 0.2) is 35.6 Å². The van der Waals surface area contributed by atoms with Crippen LogP contribution in [0, 0.1) is 5.82 Å². The highest BCUT2D eigenvalue weighted by Crippen LogP contribution is 2.21. The topological polar surface area (TPSA) is 93.5 Å². The summed E-state index contributed by atoms with van der Waals surface area (Å²) in [7, 11) is 0. The number of benzene rings is 1. The largest absolute Gasteiger partial charge is 0.505 e. The van der Waals surface area contributed by atoms with Gasteiger partial charge in [0.25, 0.3) is 0 Å². The molecule has 0 unspecified atom stereocenters. The van der Waals surface area contributed by atoms with Crippen molar-refractivity contribution in [2.45, 2.75) is 0 Å². The number of nitrogens with one attached hydrogen (secondary N) is 2. The van der Waals surface area contributed by atoms with E-state index in [-0.39, 0.29) is 11.5 Å². The summed E-state index contributed by atoms with van der Waals surface area (Å²) in [6.07, 6.45) is 2.96. The molecule has 0 saturated heterocycles. The number of rotatable bonds is 2. The van der Waals surface area contributed by atoms with Crippen LogP contribution in [0.2, 0.25) is 0 Å². The molecule has 1 aromatic carbocycles. The Hall–Kier alpha value is -2.41. The van der Waals surface area contributed by atoms with E-state index in [9.17, 15) is 4.39 Å². The third-order valence-electron chi connectivity index (χ3n) is 2.05. The van der Waals surface area contributed by atoms with E-state index in [0.717, 1.165) is 6.07 Å². The fourth-order valence-corrected chi connectivity index (χ4v) is 1.23. The van der Waals surface area contributed by atoms with E-state index in [0.29, 0.717) is 5.56 Å². The molecule has 7 heteroatoms. The number of halogens is 1. The van der Waals surface area contributed by atoms with Crippen molar-refractivity contribution in [1.29, 1.82) is 0 Å². The number of phenols is 1. The average molecular weight is 236 g/mol. The normalized spacial score (nSPS) is 11.5. The average Bonchev–Trinajstić information content (AvgIpc) is 2.84. The van der Waals surface area contributed by atoms with Gasteiger partial charge in [-0.15, -0.1) is 0 Å². The van der Waals surface area contributed by atoms with Gasteiger partial charge in [0, 0.05) is 12.3 Å². The molecule has 0 aliphatic carbocycles. The molecule has 2 aromatic rings. The summed E-state index contributed by atoms with van der Waals surface area (Å²) in [5, 5.41) is 24.2. The van der Waals surface area contributed by atoms with Crippen LogP contribution in [0.25, 0.3) is 0 Å². The first-order valence-corrected chi connectivity index (χ1v) is 4.67. The number of amidine groups is 1. The van der Waals surface area contributed by atoms with E-state index >= 15 is 0 Å². The highest BCUT2D eigenvalue weighted by molar-refractivity contribution is 5.99. The quantitative estimate of drug-likeness (QED) is 0.359. The Labute approximate surface area is 95.4 Å². The Morgan fingerprint density at radius 1 is 1.47 bits per heavy atom. The van der Waals surface area contributed by atoms with Crippen molar-refractivity contribution in [1.82, 2.24) is 15.7 Å². The Kier molecular flexibility index (Phi) is 3.01. The number of aromatic nitrogens is 2. The molecule has 0 fully saturated rings. The number of H-pyrrole nitrogens is 1. The van der Waals surface area contributed by atoms with Gasteiger partial charge in [-0.05, 0) is 12.1 Å². The van der Waals surface area contributed by atoms with Crippen molar-refractivity contribution in [2.75, 3.05) is 0 Å². The summed E-state index contributed by atoms with van der Waals surface area (Å²) < 4.78 is 13.1. The molecule has 1 heterocycles. The number of aromatic amines is 1. The maximum atomic E-state index is 13.1. The Morgan fingerprint density at radius 2 is 2.29 bits per heavy atom. The van der Waals surface area contributed by atoms with Gasteiger partial charge in [0.15, 0.2) is 17.4 Å². The molecule has 0 bridgehead atoms. The van der Waals surface area contributed by atoms with Gasteiger partial charge in [0.1, 0.15) is 0 Å². The minimum atomic E-state index is -0.782. The first-order valence-electron chi connectivity index (χ1n) is 4.67. The smallest absolute Gasteiger partial charge is 0.166 e. The molecule has 0 atom stereocenters. The van der Waals surface area contributed by atoms with Gasteiger partial charge < -0.3 is 5.11 Å². The first kappa shape index (κ1) is 11.1. The molecule has 88 valence electrons. The second-order valence-corrected chi connectivity index (χ2v) is 3.19. The third-order valence-corrected chi connectivity index (χ3v) is 2.05. The molecule has 17 heavy (non-hydrogen) atoms. The van der Waals surface area contributed by atoms with Crippen LogP contribution < -0.4 is 5.48 Å². The van der Waals surface area contributed by atoms with Crippen LogP contribution in [-0.2, 0) is 0 Å². The van der Waals surface area contributed by atoms with Crippen LogP contribution in [0.3, 0.4) is 0 Å². The van der Waals surface area contributed by atoms with Crippen molar-refractivity contribution in [3.05, 3.63) is 42.0 Å². The van der Waals surface area contributed by atoms with Gasteiger partial charge in [-0.2, -0.15) is 5.10 Å². The van der Waals surface area contributed by atoms with Gasteiger partial charge >= 0.3 is 0 Å². The van der Waals surface area contributed by atoms with E-state index in [1.807, 2.05) is 5.48 Å². The zero-order valence-electron chi connectivity index (χ0n) is 8.55. The SMILES string of the molecule is ONC(=Nc1ccc(O)c(F)c1)c1cn[nH]c1. The van der Waals surface area contributed by atoms with Crippen LogP contribution in [0.5, 0.6) is 5.75 Å². The molecule has 0 saturated carbocycles. The molecular formula is C10H9FN4O2. The zero-order chi connectivity index (χ0) is 12.3. The molecule has 1 aromatic heterocycles. The number of nitrogens with zero attached hydrogens (tertiary/aromatic N) is 2. The molecule has 0 spiro atoms. The van der Waals surface area contributed by atoms with Crippen molar-refractivity contribution < 1.29 is 14.7 Å². The van der Waals surface area contributed by atoms with Crippen molar-refractivity contribution in [3.8, 4) is 5.75 Å². The molecular weight excluding hydrogens is 227 g/mol.